The lowest BCUT2D eigenvalue weighted by Gasteiger charge is -2.32. The minimum atomic E-state index is 0.409. The second-order valence-corrected chi connectivity index (χ2v) is 5.43. The second-order valence-electron chi connectivity index (χ2n) is 5.43. The Kier molecular flexibility index (Phi) is 3.41. The first-order valence-corrected chi connectivity index (χ1v) is 6.33. The Morgan fingerprint density at radius 2 is 1.76 bits per heavy atom. The van der Waals surface area contributed by atoms with Gasteiger partial charge in [-0.15, -0.1) is 0 Å². The van der Waals surface area contributed by atoms with E-state index in [4.69, 9.17) is 11.5 Å². The Labute approximate surface area is 103 Å². The van der Waals surface area contributed by atoms with Crippen LogP contribution in [0.1, 0.15) is 33.1 Å². The molecule has 94 valence electrons. The topological polar surface area (TPSA) is 77.0 Å². The molecule has 1 saturated carbocycles. The quantitative estimate of drug-likeness (QED) is 0.734. The van der Waals surface area contributed by atoms with Crippen LogP contribution in [0.5, 0.6) is 0 Å². The van der Waals surface area contributed by atoms with Crippen molar-refractivity contribution in [1.29, 1.82) is 0 Å². The molecule has 1 heterocycles. The summed E-state index contributed by atoms with van der Waals surface area (Å²) in [6.07, 6.45) is 3.74. The van der Waals surface area contributed by atoms with Crippen LogP contribution in [0.25, 0.3) is 0 Å². The predicted octanol–water partition coefficient (Wildman–Crippen LogP) is 2.48. The van der Waals surface area contributed by atoms with Gasteiger partial charge in [-0.25, -0.2) is 4.98 Å². The molecule has 4 nitrogen and oxygen atoms in total. The molecule has 4 heteroatoms. The summed E-state index contributed by atoms with van der Waals surface area (Å²) in [6.45, 7) is 4.63. The molecule has 0 bridgehead atoms. The molecule has 5 N–H and O–H groups in total. The van der Waals surface area contributed by atoms with E-state index in [0.29, 0.717) is 17.5 Å². The van der Waals surface area contributed by atoms with Gasteiger partial charge in [-0.3, -0.25) is 0 Å². The van der Waals surface area contributed by atoms with E-state index >= 15 is 0 Å². The molecule has 0 amide bonds. The zero-order valence-corrected chi connectivity index (χ0v) is 10.6. The van der Waals surface area contributed by atoms with Crippen LogP contribution in [0.15, 0.2) is 12.1 Å². The van der Waals surface area contributed by atoms with Crippen molar-refractivity contribution in [1.82, 2.24) is 4.98 Å². The van der Waals surface area contributed by atoms with Crippen molar-refractivity contribution in [3.8, 4) is 0 Å². The fraction of sp³-hybridized carbons (Fsp3) is 0.615. The number of rotatable bonds is 2. The normalized spacial score (nSPS) is 28.9. The Morgan fingerprint density at radius 3 is 2.35 bits per heavy atom. The first-order valence-electron chi connectivity index (χ1n) is 6.33. The number of hydrogen-bond donors (Lipinski definition) is 3. The highest BCUT2D eigenvalue weighted by molar-refractivity contribution is 5.61. The Morgan fingerprint density at radius 1 is 1.12 bits per heavy atom. The monoisotopic (exact) mass is 234 g/mol. The molecule has 0 aliphatic heterocycles. The van der Waals surface area contributed by atoms with Crippen LogP contribution in [0.3, 0.4) is 0 Å². The Bertz CT molecular complexity index is 381. The van der Waals surface area contributed by atoms with Crippen molar-refractivity contribution in [2.45, 2.75) is 39.2 Å². The van der Waals surface area contributed by atoms with Crippen molar-refractivity contribution in [2.24, 2.45) is 11.8 Å². The predicted molar refractivity (Wildman–Crippen MR) is 72.7 cm³/mol. The zero-order valence-electron chi connectivity index (χ0n) is 10.6. The van der Waals surface area contributed by atoms with E-state index in [1.54, 1.807) is 6.07 Å². The molecule has 1 fully saturated rings. The highest BCUT2D eigenvalue weighted by Crippen LogP contribution is 2.30. The number of pyridine rings is 1. The number of nitrogens with two attached hydrogens (primary N) is 2. The van der Waals surface area contributed by atoms with Gasteiger partial charge in [-0.2, -0.15) is 0 Å². The van der Waals surface area contributed by atoms with Crippen molar-refractivity contribution < 1.29 is 0 Å². The molecule has 1 aliphatic carbocycles. The average molecular weight is 234 g/mol. The fourth-order valence-corrected chi connectivity index (χ4v) is 2.84. The molecule has 2 unspecified atom stereocenters. The van der Waals surface area contributed by atoms with Gasteiger partial charge in [-0.1, -0.05) is 13.8 Å². The lowest BCUT2D eigenvalue weighted by molar-refractivity contribution is 0.280. The van der Waals surface area contributed by atoms with E-state index in [2.05, 4.69) is 24.1 Å². The van der Waals surface area contributed by atoms with Crippen LogP contribution in [-0.2, 0) is 0 Å². The van der Waals surface area contributed by atoms with Crippen LogP contribution in [0, 0.1) is 11.8 Å². The van der Waals surface area contributed by atoms with E-state index in [-0.39, 0.29) is 0 Å². The lowest BCUT2D eigenvalue weighted by atomic mass is 9.80. The lowest BCUT2D eigenvalue weighted by Crippen LogP contribution is -2.30. The van der Waals surface area contributed by atoms with Gasteiger partial charge in [-0.05, 0) is 43.2 Å². The molecule has 0 radical (unpaired) electrons. The molecule has 2 atom stereocenters. The van der Waals surface area contributed by atoms with Gasteiger partial charge < -0.3 is 16.8 Å². The average Bonchev–Trinajstić information content (AvgIpc) is 2.22. The molecule has 0 aromatic carbocycles. The van der Waals surface area contributed by atoms with E-state index in [9.17, 15) is 0 Å². The van der Waals surface area contributed by atoms with Gasteiger partial charge >= 0.3 is 0 Å². The third-order valence-electron chi connectivity index (χ3n) is 3.49. The van der Waals surface area contributed by atoms with Crippen LogP contribution in [-0.4, -0.2) is 11.0 Å². The first kappa shape index (κ1) is 12.0. The summed E-state index contributed by atoms with van der Waals surface area (Å²) in [5.41, 5.74) is 11.9. The van der Waals surface area contributed by atoms with E-state index in [0.717, 1.165) is 17.7 Å². The molecule has 1 aliphatic rings. The number of nitrogen functional groups attached to an aromatic ring is 2. The standard InChI is InChI=1S/C13H22N4/c1-8-5-9(2)7-10(6-8)16-12-4-3-11(14)13(15)17-12/h3-4,8-10H,5-7,14H2,1-2H3,(H3,15,16,17). The third kappa shape index (κ3) is 3.02. The van der Waals surface area contributed by atoms with Gasteiger partial charge in [0.05, 0.1) is 5.69 Å². The summed E-state index contributed by atoms with van der Waals surface area (Å²) < 4.78 is 0. The van der Waals surface area contributed by atoms with Crippen LogP contribution in [0.4, 0.5) is 17.3 Å². The van der Waals surface area contributed by atoms with E-state index in [1.807, 2.05) is 6.07 Å². The maximum Gasteiger partial charge on any atom is 0.149 e. The van der Waals surface area contributed by atoms with E-state index < -0.39 is 0 Å². The molecule has 0 spiro atoms. The zero-order chi connectivity index (χ0) is 12.4. The van der Waals surface area contributed by atoms with Crippen molar-refractivity contribution in [3.63, 3.8) is 0 Å². The van der Waals surface area contributed by atoms with Gasteiger partial charge in [0.2, 0.25) is 0 Å². The molecular weight excluding hydrogens is 212 g/mol. The molecule has 2 rings (SSSR count). The molecule has 17 heavy (non-hydrogen) atoms. The molecule has 1 aromatic heterocycles. The number of anilines is 3. The van der Waals surface area contributed by atoms with Crippen molar-refractivity contribution in [2.75, 3.05) is 16.8 Å². The van der Waals surface area contributed by atoms with Crippen molar-refractivity contribution in [3.05, 3.63) is 12.1 Å². The molecule has 1 aromatic rings. The van der Waals surface area contributed by atoms with Crippen LogP contribution in [0.2, 0.25) is 0 Å². The second kappa shape index (κ2) is 4.82. The minimum absolute atomic E-state index is 0.409. The molecule has 0 saturated heterocycles. The van der Waals surface area contributed by atoms with Crippen LogP contribution < -0.4 is 16.8 Å². The summed E-state index contributed by atoms with van der Waals surface area (Å²) in [5.74, 6) is 2.81. The molecular formula is C13H22N4. The summed E-state index contributed by atoms with van der Waals surface area (Å²) in [5, 5.41) is 3.46. The maximum atomic E-state index is 5.70. The largest absolute Gasteiger partial charge is 0.396 e. The summed E-state index contributed by atoms with van der Waals surface area (Å²) in [4.78, 5) is 4.26. The van der Waals surface area contributed by atoms with Gasteiger partial charge in [0.15, 0.2) is 0 Å². The number of aromatic nitrogens is 1. The smallest absolute Gasteiger partial charge is 0.149 e. The number of nitrogens with zero attached hydrogens (tertiary/aromatic N) is 1. The minimum Gasteiger partial charge on any atom is -0.396 e. The summed E-state index contributed by atoms with van der Waals surface area (Å²) in [6, 6.07) is 4.21. The number of hydrogen-bond acceptors (Lipinski definition) is 4. The van der Waals surface area contributed by atoms with Gasteiger partial charge in [0, 0.05) is 6.04 Å². The van der Waals surface area contributed by atoms with Crippen molar-refractivity contribution >= 4 is 17.3 Å². The highest BCUT2D eigenvalue weighted by Gasteiger charge is 2.23. The highest BCUT2D eigenvalue weighted by atomic mass is 15.0. The Balaban J connectivity index is 2.02. The summed E-state index contributed by atoms with van der Waals surface area (Å²) >= 11 is 0. The van der Waals surface area contributed by atoms with E-state index in [1.165, 1.54) is 19.3 Å². The van der Waals surface area contributed by atoms with Gasteiger partial charge in [0.25, 0.3) is 0 Å². The van der Waals surface area contributed by atoms with Gasteiger partial charge in [0.1, 0.15) is 11.6 Å². The first-order chi connectivity index (χ1) is 8.04. The SMILES string of the molecule is CC1CC(C)CC(Nc2ccc(N)c(N)n2)C1. The maximum absolute atomic E-state index is 5.70. The third-order valence-corrected chi connectivity index (χ3v) is 3.49. The Hall–Kier alpha value is -1.45. The number of nitrogens with one attached hydrogen (secondary N) is 1. The fourth-order valence-electron chi connectivity index (χ4n) is 2.84. The summed E-state index contributed by atoms with van der Waals surface area (Å²) in [7, 11) is 0. The van der Waals surface area contributed by atoms with Crippen LogP contribution >= 0.6 is 0 Å².